The Balaban J connectivity index is 1.86. The molecule has 0 saturated carbocycles. The number of aromatic hydroxyl groups is 1. The quantitative estimate of drug-likeness (QED) is 0.675. The first kappa shape index (κ1) is 15.3. The van der Waals surface area contributed by atoms with Crippen LogP contribution in [0.1, 0.15) is 41.8 Å². The van der Waals surface area contributed by atoms with Crippen LogP contribution in [0.4, 0.5) is 0 Å². The van der Waals surface area contributed by atoms with Crippen LogP contribution < -0.4 is 4.74 Å². The van der Waals surface area contributed by atoms with Gasteiger partial charge in [0.25, 0.3) is 0 Å². The fourth-order valence-corrected chi connectivity index (χ4v) is 2.71. The summed E-state index contributed by atoms with van der Waals surface area (Å²) in [6.07, 6.45) is 4.97. The van der Waals surface area contributed by atoms with Gasteiger partial charge >= 0.3 is 0 Å². The predicted octanol–water partition coefficient (Wildman–Crippen LogP) is 4.39. The van der Waals surface area contributed by atoms with Gasteiger partial charge in [-0.3, -0.25) is 4.79 Å². The summed E-state index contributed by atoms with van der Waals surface area (Å²) < 4.78 is 5.87. The van der Waals surface area contributed by atoms with Gasteiger partial charge in [0.05, 0.1) is 5.56 Å². The molecule has 0 aromatic heterocycles. The summed E-state index contributed by atoms with van der Waals surface area (Å²) in [6.45, 7) is 4.04. The number of ether oxygens (including phenoxy) is 1. The number of carbonyl (C=O) groups excluding carboxylic acids is 1. The first-order valence-corrected chi connectivity index (χ1v) is 7.77. The molecular formula is C20H20O3. The van der Waals surface area contributed by atoms with Gasteiger partial charge in [0, 0.05) is 6.07 Å². The summed E-state index contributed by atoms with van der Waals surface area (Å²) in [5.74, 6) is 0.422. The van der Waals surface area contributed by atoms with E-state index < -0.39 is 0 Å². The summed E-state index contributed by atoms with van der Waals surface area (Å²) >= 11 is 0. The number of phenolic OH excluding ortho intramolecular Hbond substituents is 1. The topological polar surface area (TPSA) is 46.5 Å². The van der Waals surface area contributed by atoms with Crippen molar-refractivity contribution < 1.29 is 14.6 Å². The van der Waals surface area contributed by atoms with Gasteiger partial charge in [-0.15, -0.1) is 0 Å². The van der Waals surface area contributed by atoms with Crippen molar-refractivity contribution in [1.82, 2.24) is 0 Å². The first-order valence-electron chi connectivity index (χ1n) is 7.77. The lowest BCUT2D eigenvalue weighted by molar-refractivity contribution is 0.0842. The van der Waals surface area contributed by atoms with Crippen LogP contribution in [0.5, 0.6) is 11.5 Å². The van der Waals surface area contributed by atoms with E-state index in [1.54, 1.807) is 18.2 Å². The second kappa shape index (κ2) is 5.92. The number of fused-ring (bicyclic) bond motifs is 1. The molecule has 2 aromatic rings. The highest BCUT2D eigenvalue weighted by Crippen LogP contribution is 2.37. The zero-order valence-corrected chi connectivity index (χ0v) is 13.4. The highest BCUT2D eigenvalue weighted by atomic mass is 16.5. The van der Waals surface area contributed by atoms with Crippen LogP contribution in [-0.4, -0.2) is 16.5 Å². The molecule has 3 heteroatoms. The molecule has 0 unspecified atom stereocenters. The Kier molecular flexibility index (Phi) is 3.95. The van der Waals surface area contributed by atoms with Crippen molar-refractivity contribution in [3.63, 3.8) is 0 Å². The third-order valence-corrected chi connectivity index (χ3v) is 4.05. The van der Waals surface area contributed by atoms with Gasteiger partial charge in [-0.25, -0.2) is 0 Å². The summed E-state index contributed by atoms with van der Waals surface area (Å²) in [7, 11) is 0. The summed E-state index contributed by atoms with van der Waals surface area (Å²) in [5.41, 5.74) is 2.00. The molecule has 0 radical (unpaired) electrons. The van der Waals surface area contributed by atoms with E-state index in [0.29, 0.717) is 11.3 Å². The number of carbonyl (C=O) groups is 1. The van der Waals surface area contributed by atoms with Crippen LogP contribution in [0.2, 0.25) is 0 Å². The third kappa shape index (κ3) is 3.45. The fraction of sp³-hybridized carbons (Fsp3) is 0.250. The lowest BCUT2D eigenvalue weighted by atomic mass is 9.92. The fourth-order valence-electron chi connectivity index (χ4n) is 2.71. The second-order valence-corrected chi connectivity index (χ2v) is 6.45. The zero-order chi connectivity index (χ0) is 16.4. The van der Waals surface area contributed by atoms with Crippen molar-refractivity contribution >= 4 is 11.9 Å². The Morgan fingerprint density at radius 2 is 1.96 bits per heavy atom. The maximum atomic E-state index is 12.4. The van der Waals surface area contributed by atoms with Gasteiger partial charge in [-0.05, 0) is 50.0 Å². The minimum Gasteiger partial charge on any atom is -0.507 e. The van der Waals surface area contributed by atoms with Gasteiger partial charge in [0.15, 0.2) is 5.78 Å². The molecule has 0 atom stereocenters. The maximum Gasteiger partial charge on any atom is 0.189 e. The normalized spacial score (nSPS) is 15.9. The SMILES string of the molecule is CC1(C)CCc2cc(C(=O)/C=C/c3ccccc3)c(O)cc2O1. The molecule has 23 heavy (non-hydrogen) atoms. The number of benzene rings is 2. The smallest absolute Gasteiger partial charge is 0.189 e. The number of ketones is 1. The molecule has 0 amide bonds. The lowest BCUT2D eigenvalue weighted by Gasteiger charge is -2.32. The van der Waals surface area contributed by atoms with Gasteiger partial charge in [-0.2, -0.15) is 0 Å². The minimum atomic E-state index is -0.238. The predicted molar refractivity (Wildman–Crippen MR) is 90.9 cm³/mol. The molecular weight excluding hydrogens is 288 g/mol. The molecule has 1 heterocycles. The number of phenols is 1. The number of hydrogen-bond acceptors (Lipinski definition) is 3. The summed E-state index contributed by atoms with van der Waals surface area (Å²) in [5, 5.41) is 10.2. The van der Waals surface area contributed by atoms with E-state index in [1.807, 2.05) is 44.2 Å². The number of hydrogen-bond donors (Lipinski definition) is 1. The Morgan fingerprint density at radius 1 is 1.22 bits per heavy atom. The highest BCUT2D eigenvalue weighted by Gasteiger charge is 2.28. The lowest BCUT2D eigenvalue weighted by Crippen LogP contribution is -2.32. The summed E-state index contributed by atoms with van der Waals surface area (Å²) in [4.78, 5) is 12.4. The second-order valence-electron chi connectivity index (χ2n) is 6.45. The van der Waals surface area contributed by atoms with Crippen LogP contribution in [0, 0.1) is 0 Å². The van der Waals surface area contributed by atoms with E-state index in [2.05, 4.69) is 0 Å². The highest BCUT2D eigenvalue weighted by molar-refractivity contribution is 6.08. The Labute approximate surface area is 136 Å². The van der Waals surface area contributed by atoms with Crippen LogP contribution in [0.15, 0.2) is 48.5 Å². The molecule has 0 fully saturated rings. The molecule has 0 saturated heterocycles. The molecule has 1 N–H and O–H groups in total. The molecule has 0 bridgehead atoms. The Hall–Kier alpha value is -2.55. The summed E-state index contributed by atoms with van der Waals surface area (Å²) in [6, 6.07) is 12.9. The van der Waals surface area contributed by atoms with E-state index in [-0.39, 0.29) is 17.1 Å². The number of aryl methyl sites for hydroxylation is 1. The van der Waals surface area contributed by atoms with Crippen LogP contribution in [-0.2, 0) is 6.42 Å². The first-order chi connectivity index (χ1) is 10.9. The van der Waals surface area contributed by atoms with Crippen molar-refractivity contribution in [2.45, 2.75) is 32.3 Å². The average Bonchev–Trinajstić information content (AvgIpc) is 2.52. The monoisotopic (exact) mass is 308 g/mol. The van der Waals surface area contributed by atoms with E-state index in [0.717, 1.165) is 24.0 Å². The minimum absolute atomic E-state index is 0.0378. The average molecular weight is 308 g/mol. The molecule has 0 aliphatic carbocycles. The standard InChI is InChI=1S/C20H20O3/c1-20(2)11-10-15-12-16(18(22)13-19(15)23-20)17(21)9-8-14-6-4-3-5-7-14/h3-9,12-13,22H,10-11H2,1-2H3/b9-8+. The van der Waals surface area contributed by atoms with Crippen LogP contribution in [0.3, 0.4) is 0 Å². The van der Waals surface area contributed by atoms with Gasteiger partial charge in [-0.1, -0.05) is 36.4 Å². The van der Waals surface area contributed by atoms with Gasteiger partial charge < -0.3 is 9.84 Å². The van der Waals surface area contributed by atoms with E-state index >= 15 is 0 Å². The van der Waals surface area contributed by atoms with Gasteiger partial charge in [0.2, 0.25) is 0 Å². The van der Waals surface area contributed by atoms with E-state index in [1.165, 1.54) is 6.08 Å². The van der Waals surface area contributed by atoms with Gasteiger partial charge in [0.1, 0.15) is 17.1 Å². The molecule has 118 valence electrons. The zero-order valence-electron chi connectivity index (χ0n) is 13.4. The van der Waals surface area contributed by atoms with Crippen molar-refractivity contribution in [3.05, 3.63) is 65.2 Å². The molecule has 1 aliphatic heterocycles. The number of allylic oxidation sites excluding steroid dienone is 1. The van der Waals surface area contributed by atoms with Crippen molar-refractivity contribution in [2.75, 3.05) is 0 Å². The molecule has 1 aliphatic rings. The largest absolute Gasteiger partial charge is 0.507 e. The van der Waals surface area contributed by atoms with E-state index in [9.17, 15) is 9.90 Å². The number of rotatable bonds is 3. The molecule has 2 aromatic carbocycles. The Bertz CT molecular complexity index is 758. The maximum absolute atomic E-state index is 12.4. The van der Waals surface area contributed by atoms with Crippen LogP contribution >= 0.6 is 0 Å². The third-order valence-electron chi connectivity index (χ3n) is 4.05. The van der Waals surface area contributed by atoms with Crippen molar-refractivity contribution in [3.8, 4) is 11.5 Å². The molecule has 0 spiro atoms. The van der Waals surface area contributed by atoms with Crippen molar-refractivity contribution in [1.29, 1.82) is 0 Å². The van der Waals surface area contributed by atoms with Crippen molar-refractivity contribution in [2.24, 2.45) is 0 Å². The molecule has 3 rings (SSSR count). The molecule has 3 nitrogen and oxygen atoms in total. The van der Waals surface area contributed by atoms with E-state index in [4.69, 9.17) is 4.74 Å². The van der Waals surface area contributed by atoms with Crippen LogP contribution in [0.25, 0.3) is 6.08 Å². The Morgan fingerprint density at radius 3 is 2.70 bits per heavy atom.